The smallest absolute Gasteiger partial charge is 0.405 e. The van der Waals surface area contributed by atoms with Crippen LogP contribution in [0.3, 0.4) is 0 Å². The molecule has 0 aromatic heterocycles. The molecule has 0 aliphatic rings. The third kappa shape index (κ3) is 5.28. The van der Waals surface area contributed by atoms with Gasteiger partial charge in [0, 0.05) is 12.2 Å². The summed E-state index contributed by atoms with van der Waals surface area (Å²) >= 11 is 2.99. The fourth-order valence-electron chi connectivity index (χ4n) is 1.44. The Labute approximate surface area is 122 Å². The van der Waals surface area contributed by atoms with Crippen LogP contribution in [0.4, 0.5) is 18.9 Å². The van der Waals surface area contributed by atoms with Gasteiger partial charge in [0.1, 0.15) is 11.8 Å². The average Bonchev–Trinajstić information content (AvgIpc) is 2.31. The molecule has 0 spiro atoms. The van der Waals surface area contributed by atoms with Gasteiger partial charge in [0.2, 0.25) is 5.91 Å². The Morgan fingerprint density at radius 2 is 2.10 bits per heavy atom. The maximum Gasteiger partial charge on any atom is 0.573 e. The summed E-state index contributed by atoms with van der Waals surface area (Å²) in [5, 5.41) is 5.51. The van der Waals surface area contributed by atoms with Crippen molar-refractivity contribution >= 4 is 27.5 Å². The van der Waals surface area contributed by atoms with E-state index in [4.69, 9.17) is 0 Å². The van der Waals surface area contributed by atoms with Crippen molar-refractivity contribution in [3.63, 3.8) is 0 Å². The first-order valence-electron chi connectivity index (χ1n) is 5.82. The molecule has 0 bridgehead atoms. The molecule has 0 heterocycles. The molecule has 8 heteroatoms. The Morgan fingerprint density at radius 3 is 2.60 bits per heavy atom. The SMILES string of the molecule is CCNC(=O)C(C)Nc1ccc(OC(F)(F)F)c(Br)c1. The van der Waals surface area contributed by atoms with Gasteiger partial charge in [-0.3, -0.25) is 4.79 Å². The molecule has 0 saturated carbocycles. The van der Waals surface area contributed by atoms with E-state index in [1.54, 1.807) is 13.8 Å². The van der Waals surface area contributed by atoms with Crippen molar-refractivity contribution in [2.75, 3.05) is 11.9 Å². The molecule has 2 N–H and O–H groups in total. The molecular formula is C12H14BrF3N2O2. The quantitative estimate of drug-likeness (QED) is 0.852. The van der Waals surface area contributed by atoms with Crippen LogP contribution >= 0.6 is 15.9 Å². The van der Waals surface area contributed by atoms with E-state index >= 15 is 0 Å². The molecule has 1 atom stereocenters. The number of carbonyl (C=O) groups is 1. The van der Waals surface area contributed by atoms with Crippen molar-refractivity contribution in [2.45, 2.75) is 26.3 Å². The van der Waals surface area contributed by atoms with E-state index in [1.807, 2.05) is 0 Å². The maximum atomic E-state index is 12.1. The summed E-state index contributed by atoms with van der Waals surface area (Å²) in [4.78, 5) is 11.5. The van der Waals surface area contributed by atoms with Crippen molar-refractivity contribution < 1.29 is 22.7 Å². The second kappa shape index (κ2) is 6.83. The van der Waals surface area contributed by atoms with Crippen LogP contribution in [-0.2, 0) is 4.79 Å². The Hall–Kier alpha value is -1.44. The van der Waals surface area contributed by atoms with Gasteiger partial charge in [0.15, 0.2) is 0 Å². The fourth-order valence-corrected chi connectivity index (χ4v) is 1.90. The Morgan fingerprint density at radius 1 is 1.45 bits per heavy atom. The molecule has 112 valence electrons. The third-order valence-electron chi connectivity index (χ3n) is 2.29. The molecule has 0 fully saturated rings. The highest BCUT2D eigenvalue weighted by Gasteiger charge is 2.32. The van der Waals surface area contributed by atoms with Crippen molar-refractivity contribution in [1.29, 1.82) is 0 Å². The summed E-state index contributed by atoms with van der Waals surface area (Å²) in [6.07, 6.45) is -4.74. The van der Waals surface area contributed by atoms with E-state index in [1.165, 1.54) is 18.2 Å². The average molecular weight is 355 g/mol. The number of anilines is 1. The molecule has 1 amide bonds. The molecular weight excluding hydrogens is 341 g/mol. The lowest BCUT2D eigenvalue weighted by molar-refractivity contribution is -0.274. The van der Waals surface area contributed by atoms with Crippen molar-refractivity contribution in [2.24, 2.45) is 0 Å². The number of alkyl halides is 3. The molecule has 4 nitrogen and oxygen atoms in total. The van der Waals surface area contributed by atoms with Gasteiger partial charge in [0.05, 0.1) is 4.47 Å². The lowest BCUT2D eigenvalue weighted by Crippen LogP contribution is -2.37. The van der Waals surface area contributed by atoms with Crippen molar-refractivity contribution in [3.8, 4) is 5.75 Å². The highest BCUT2D eigenvalue weighted by Crippen LogP contribution is 2.32. The first-order chi connectivity index (χ1) is 9.23. The standard InChI is InChI=1S/C12H14BrF3N2O2/c1-3-17-11(19)7(2)18-8-4-5-10(9(13)6-8)20-12(14,15)16/h4-7,18H,3H2,1-2H3,(H,17,19). The zero-order valence-corrected chi connectivity index (χ0v) is 12.4. The highest BCUT2D eigenvalue weighted by atomic mass is 79.9. The van der Waals surface area contributed by atoms with Gasteiger partial charge in [-0.2, -0.15) is 0 Å². The molecule has 20 heavy (non-hydrogen) atoms. The van der Waals surface area contributed by atoms with Crippen molar-refractivity contribution in [3.05, 3.63) is 22.7 Å². The summed E-state index contributed by atoms with van der Waals surface area (Å²) < 4.78 is 40.3. The molecule has 1 unspecified atom stereocenters. The zero-order valence-electron chi connectivity index (χ0n) is 10.8. The molecule has 1 aromatic carbocycles. The second-order valence-corrected chi connectivity index (χ2v) is 4.81. The monoisotopic (exact) mass is 354 g/mol. The lowest BCUT2D eigenvalue weighted by atomic mass is 10.2. The normalized spacial score (nSPS) is 12.7. The maximum absolute atomic E-state index is 12.1. The number of halogens is 4. The molecule has 0 saturated heterocycles. The number of ether oxygens (including phenoxy) is 1. The largest absolute Gasteiger partial charge is 0.573 e. The number of benzene rings is 1. The van der Waals surface area contributed by atoms with Crippen LogP contribution < -0.4 is 15.4 Å². The first kappa shape index (κ1) is 16.6. The summed E-state index contributed by atoms with van der Waals surface area (Å²) in [5.41, 5.74) is 0.505. The predicted octanol–water partition coefficient (Wildman–Crippen LogP) is 3.28. The molecule has 0 aliphatic carbocycles. The third-order valence-corrected chi connectivity index (χ3v) is 2.90. The van der Waals surface area contributed by atoms with Crippen LogP contribution in [0.5, 0.6) is 5.75 Å². The summed E-state index contributed by atoms with van der Waals surface area (Å²) in [5.74, 6) is -0.534. The van der Waals surface area contributed by atoms with Gasteiger partial charge in [-0.25, -0.2) is 0 Å². The fraction of sp³-hybridized carbons (Fsp3) is 0.417. The van der Waals surface area contributed by atoms with E-state index in [0.717, 1.165) is 0 Å². The van der Waals surface area contributed by atoms with Crippen LogP contribution in [0.25, 0.3) is 0 Å². The molecule has 0 aliphatic heterocycles. The Kier molecular flexibility index (Phi) is 5.67. The van der Waals surface area contributed by atoms with E-state index < -0.39 is 12.4 Å². The van der Waals surface area contributed by atoms with Gasteiger partial charge >= 0.3 is 6.36 Å². The van der Waals surface area contributed by atoms with Crippen LogP contribution in [0.2, 0.25) is 0 Å². The number of likely N-dealkylation sites (N-methyl/N-ethyl adjacent to an activating group) is 1. The first-order valence-corrected chi connectivity index (χ1v) is 6.61. The number of hydrogen-bond donors (Lipinski definition) is 2. The van der Waals surface area contributed by atoms with Gasteiger partial charge in [-0.15, -0.1) is 13.2 Å². The number of carbonyl (C=O) groups excluding carboxylic acids is 1. The van der Waals surface area contributed by atoms with Crippen molar-refractivity contribution in [1.82, 2.24) is 5.32 Å². The van der Waals surface area contributed by atoms with Gasteiger partial charge < -0.3 is 15.4 Å². The minimum atomic E-state index is -4.74. The van der Waals surface area contributed by atoms with E-state index in [2.05, 4.69) is 31.3 Å². The molecule has 0 radical (unpaired) electrons. The minimum Gasteiger partial charge on any atom is -0.405 e. The number of rotatable bonds is 5. The Bertz CT molecular complexity index is 480. The van der Waals surface area contributed by atoms with Gasteiger partial charge in [-0.1, -0.05) is 0 Å². The summed E-state index contributed by atoms with van der Waals surface area (Å²) in [7, 11) is 0. The topological polar surface area (TPSA) is 50.4 Å². The van der Waals surface area contributed by atoms with Crippen LogP contribution in [-0.4, -0.2) is 24.9 Å². The highest BCUT2D eigenvalue weighted by molar-refractivity contribution is 9.10. The predicted molar refractivity (Wildman–Crippen MR) is 72.6 cm³/mol. The van der Waals surface area contributed by atoms with Crippen LogP contribution in [0.1, 0.15) is 13.8 Å². The Balaban J connectivity index is 2.75. The molecule has 1 aromatic rings. The van der Waals surface area contributed by atoms with Gasteiger partial charge in [0.25, 0.3) is 0 Å². The number of amides is 1. The van der Waals surface area contributed by atoms with E-state index in [-0.39, 0.29) is 16.1 Å². The summed E-state index contributed by atoms with van der Waals surface area (Å²) in [6.45, 7) is 3.95. The van der Waals surface area contributed by atoms with Crippen LogP contribution in [0, 0.1) is 0 Å². The number of nitrogens with one attached hydrogen (secondary N) is 2. The second-order valence-electron chi connectivity index (χ2n) is 3.95. The minimum absolute atomic E-state index is 0.142. The molecule has 1 rings (SSSR count). The number of hydrogen-bond acceptors (Lipinski definition) is 3. The van der Waals surface area contributed by atoms with Crippen LogP contribution in [0.15, 0.2) is 22.7 Å². The lowest BCUT2D eigenvalue weighted by Gasteiger charge is -2.16. The van der Waals surface area contributed by atoms with Gasteiger partial charge in [-0.05, 0) is 48.0 Å². The zero-order chi connectivity index (χ0) is 15.3. The van der Waals surface area contributed by atoms with E-state index in [0.29, 0.717) is 12.2 Å². The summed E-state index contributed by atoms with van der Waals surface area (Å²) in [6, 6.07) is 3.49. The van der Waals surface area contributed by atoms with E-state index in [9.17, 15) is 18.0 Å².